The van der Waals surface area contributed by atoms with Crippen LogP contribution >= 0.6 is 23.4 Å². The molecule has 1 aliphatic carbocycles. The van der Waals surface area contributed by atoms with Gasteiger partial charge in [-0.1, -0.05) is 42.6 Å². The van der Waals surface area contributed by atoms with Crippen LogP contribution in [0.4, 0.5) is 5.69 Å². The van der Waals surface area contributed by atoms with Gasteiger partial charge in [0.25, 0.3) is 0 Å². The van der Waals surface area contributed by atoms with E-state index in [9.17, 15) is 4.79 Å². The van der Waals surface area contributed by atoms with Gasteiger partial charge in [0, 0.05) is 17.1 Å². The number of thioether (sulfide) groups is 1. The third-order valence-electron chi connectivity index (χ3n) is 4.86. The van der Waals surface area contributed by atoms with E-state index in [0.29, 0.717) is 22.5 Å². The molecule has 0 atom stereocenters. The Morgan fingerprint density at radius 1 is 1.30 bits per heavy atom. The number of carbonyl (C=O) groups is 1. The van der Waals surface area contributed by atoms with Crippen LogP contribution in [-0.2, 0) is 4.79 Å². The average molecular weight is 409 g/mol. The molecule has 1 heterocycles. The summed E-state index contributed by atoms with van der Waals surface area (Å²) in [5, 5.41) is 12.8. The van der Waals surface area contributed by atoms with Crippen LogP contribution < -0.4 is 10.1 Å². The Balaban J connectivity index is 1.66. The summed E-state index contributed by atoms with van der Waals surface area (Å²) in [7, 11) is 1.56. The predicted molar refractivity (Wildman–Crippen MR) is 109 cm³/mol. The van der Waals surface area contributed by atoms with Crippen molar-refractivity contribution >= 4 is 35.0 Å². The Hall–Kier alpha value is -1.73. The smallest absolute Gasteiger partial charge is 0.234 e. The predicted octanol–water partition coefficient (Wildman–Crippen LogP) is 4.79. The molecule has 0 bridgehead atoms. The number of rotatable bonds is 6. The quantitative estimate of drug-likeness (QED) is 0.695. The maximum Gasteiger partial charge on any atom is 0.234 e. The summed E-state index contributed by atoms with van der Waals surface area (Å²) in [6, 6.07) is 3.97. The fourth-order valence-corrected chi connectivity index (χ4v) is 4.46. The van der Waals surface area contributed by atoms with E-state index in [0.717, 1.165) is 29.4 Å². The first-order chi connectivity index (χ1) is 13.0. The fraction of sp³-hybridized carbons (Fsp3) is 0.526. The number of aryl methyl sites for hydroxylation is 2. The molecule has 1 aromatic carbocycles. The molecule has 0 radical (unpaired) electrons. The fourth-order valence-electron chi connectivity index (χ4n) is 3.45. The number of halogens is 1. The summed E-state index contributed by atoms with van der Waals surface area (Å²) < 4.78 is 7.51. The van der Waals surface area contributed by atoms with Crippen molar-refractivity contribution in [3.63, 3.8) is 0 Å². The largest absolute Gasteiger partial charge is 0.495 e. The molecule has 1 fully saturated rings. The second-order valence-corrected chi connectivity index (χ2v) is 8.18. The summed E-state index contributed by atoms with van der Waals surface area (Å²) in [6.07, 6.45) is 6.08. The Kier molecular flexibility index (Phi) is 6.65. The van der Waals surface area contributed by atoms with E-state index in [4.69, 9.17) is 16.3 Å². The van der Waals surface area contributed by atoms with E-state index in [-0.39, 0.29) is 11.7 Å². The van der Waals surface area contributed by atoms with Gasteiger partial charge in [0.1, 0.15) is 11.6 Å². The maximum absolute atomic E-state index is 12.5. The van der Waals surface area contributed by atoms with Gasteiger partial charge in [-0.05, 0) is 38.3 Å². The molecule has 0 spiro atoms. The highest BCUT2D eigenvalue weighted by molar-refractivity contribution is 7.99. The molecular formula is C19H25ClN4O2S. The molecule has 6 nitrogen and oxygen atoms in total. The number of amides is 1. The number of anilines is 1. The zero-order valence-electron chi connectivity index (χ0n) is 15.9. The highest BCUT2D eigenvalue weighted by Crippen LogP contribution is 2.33. The van der Waals surface area contributed by atoms with Gasteiger partial charge in [-0.3, -0.25) is 4.79 Å². The minimum absolute atomic E-state index is 0.115. The number of ether oxygens (including phenoxy) is 1. The van der Waals surface area contributed by atoms with Gasteiger partial charge in [-0.15, -0.1) is 10.2 Å². The zero-order chi connectivity index (χ0) is 19.4. The van der Waals surface area contributed by atoms with Gasteiger partial charge in [0.05, 0.1) is 18.6 Å². The normalized spacial score (nSPS) is 15.0. The van der Waals surface area contributed by atoms with Crippen LogP contribution in [0.15, 0.2) is 17.3 Å². The monoisotopic (exact) mass is 408 g/mol. The van der Waals surface area contributed by atoms with Gasteiger partial charge >= 0.3 is 0 Å². The number of hydrogen-bond donors (Lipinski definition) is 1. The highest BCUT2D eigenvalue weighted by atomic mass is 35.5. The molecule has 3 rings (SSSR count). The number of nitrogens with one attached hydrogen (secondary N) is 1. The van der Waals surface area contributed by atoms with Gasteiger partial charge in [0.15, 0.2) is 5.16 Å². The van der Waals surface area contributed by atoms with Gasteiger partial charge in [0.2, 0.25) is 5.91 Å². The number of carbonyl (C=O) groups excluding carboxylic acids is 1. The third kappa shape index (κ3) is 4.76. The second kappa shape index (κ2) is 8.97. The van der Waals surface area contributed by atoms with Crippen molar-refractivity contribution in [1.82, 2.24) is 14.8 Å². The first-order valence-electron chi connectivity index (χ1n) is 9.18. The average Bonchev–Trinajstić information content (AvgIpc) is 3.04. The Morgan fingerprint density at radius 2 is 2.04 bits per heavy atom. The molecule has 1 aromatic heterocycles. The lowest BCUT2D eigenvalue weighted by molar-refractivity contribution is -0.113. The molecule has 1 amide bonds. The minimum Gasteiger partial charge on any atom is -0.495 e. The van der Waals surface area contributed by atoms with Crippen molar-refractivity contribution < 1.29 is 9.53 Å². The SMILES string of the molecule is COc1cc(Cl)c(C)cc1NC(=O)CSc1nnc(C)n1C1CCCCC1. The van der Waals surface area contributed by atoms with E-state index in [2.05, 4.69) is 20.1 Å². The summed E-state index contributed by atoms with van der Waals surface area (Å²) in [6.45, 7) is 3.87. The van der Waals surface area contributed by atoms with E-state index < -0.39 is 0 Å². The highest BCUT2D eigenvalue weighted by Gasteiger charge is 2.22. The molecule has 27 heavy (non-hydrogen) atoms. The molecule has 0 saturated heterocycles. The van der Waals surface area contributed by atoms with Crippen LogP contribution in [0.2, 0.25) is 5.02 Å². The molecule has 1 saturated carbocycles. The molecule has 8 heteroatoms. The maximum atomic E-state index is 12.5. The number of nitrogens with zero attached hydrogens (tertiary/aromatic N) is 3. The molecule has 2 aromatic rings. The second-order valence-electron chi connectivity index (χ2n) is 6.83. The Morgan fingerprint density at radius 3 is 2.74 bits per heavy atom. The van der Waals surface area contributed by atoms with Crippen molar-refractivity contribution in [3.8, 4) is 5.75 Å². The lowest BCUT2D eigenvalue weighted by atomic mass is 9.95. The molecule has 1 N–H and O–H groups in total. The van der Waals surface area contributed by atoms with Crippen LogP contribution in [0.1, 0.15) is 49.5 Å². The van der Waals surface area contributed by atoms with Crippen molar-refractivity contribution in [2.75, 3.05) is 18.2 Å². The number of hydrogen-bond acceptors (Lipinski definition) is 5. The number of methoxy groups -OCH3 is 1. The zero-order valence-corrected chi connectivity index (χ0v) is 17.5. The van der Waals surface area contributed by atoms with Gasteiger partial charge in [-0.25, -0.2) is 0 Å². The standard InChI is InChI=1S/C19H25ClN4O2S/c1-12-9-16(17(26-3)10-15(12)20)21-18(25)11-27-19-23-22-13(2)24(19)14-7-5-4-6-8-14/h9-10,14H,4-8,11H2,1-3H3,(H,21,25). The van der Waals surface area contributed by atoms with Crippen molar-refractivity contribution in [3.05, 3.63) is 28.5 Å². The Bertz CT molecular complexity index is 818. The summed E-state index contributed by atoms with van der Waals surface area (Å²) in [5.41, 5.74) is 1.50. The van der Waals surface area contributed by atoms with E-state index in [1.165, 1.54) is 31.0 Å². The molecule has 146 valence electrons. The molecule has 0 unspecified atom stereocenters. The molecule has 1 aliphatic rings. The van der Waals surface area contributed by atoms with Gasteiger partial charge < -0.3 is 14.6 Å². The van der Waals surface area contributed by atoms with E-state index in [1.807, 2.05) is 19.9 Å². The van der Waals surface area contributed by atoms with Crippen LogP contribution in [0.5, 0.6) is 5.75 Å². The first kappa shape index (κ1) is 20.0. The van der Waals surface area contributed by atoms with Crippen LogP contribution in [0.25, 0.3) is 0 Å². The van der Waals surface area contributed by atoms with Crippen molar-refractivity contribution in [2.45, 2.75) is 57.1 Å². The third-order valence-corrected chi connectivity index (χ3v) is 6.21. The minimum atomic E-state index is -0.115. The molecule has 0 aliphatic heterocycles. The van der Waals surface area contributed by atoms with Crippen molar-refractivity contribution in [2.24, 2.45) is 0 Å². The first-order valence-corrected chi connectivity index (χ1v) is 10.5. The van der Waals surface area contributed by atoms with Crippen LogP contribution in [0.3, 0.4) is 0 Å². The summed E-state index contributed by atoms with van der Waals surface area (Å²) in [4.78, 5) is 12.5. The Labute approximate surface area is 169 Å². The topological polar surface area (TPSA) is 69.0 Å². The van der Waals surface area contributed by atoms with E-state index in [1.54, 1.807) is 13.2 Å². The summed E-state index contributed by atoms with van der Waals surface area (Å²) in [5.74, 6) is 1.61. The van der Waals surface area contributed by atoms with Crippen LogP contribution in [-0.4, -0.2) is 33.5 Å². The lowest BCUT2D eigenvalue weighted by Gasteiger charge is -2.24. The number of benzene rings is 1. The van der Waals surface area contributed by atoms with Crippen LogP contribution in [0, 0.1) is 13.8 Å². The van der Waals surface area contributed by atoms with Crippen molar-refractivity contribution in [1.29, 1.82) is 0 Å². The molecular weight excluding hydrogens is 384 g/mol. The lowest BCUT2D eigenvalue weighted by Crippen LogP contribution is -2.17. The number of aromatic nitrogens is 3. The van der Waals surface area contributed by atoms with Gasteiger partial charge in [-0.2, -0.15) is 0 Å². The summed E-state index contributed by atoms with van der Waals surface area (Å²) >= 11 is 7.54. The van der Waals surface area contributed by atoms with E-state index >= 15 is 0 Å².